The summed E-state index contributed by atoms with van der Waals surface area (Å²) in [5, 5.41) is 3.11. The summed E-state index contributed by atoms with van der Waals surface area (Å²) in [6.07, 6.45) is 1.44. The molecule has 2 aromatic rings. The molecule has 0 bridgehead atoms. The monoisotopic (exact) mass is 276 g/mol. The minimum absolute atomic E-state index is 0.194. The second-order valence-electron chi connectivity index (χ2n) is 3.79. The fourth-order valence-corrected chi connectivity index (χ4v) is 1.57. The van der Waals surface area contributed by atoms with Gasteiger partial charge in [-0.05, 0) is 24.3 Å². The van der Waals surface area contributed by atoms with Gasteiger partial charge < -0.3 is 10.1 Å². The lowest BCUT2D eigenvalue weighted by Gasteiger charge is -2.07. The van der Waals surface area contributed by atoms with Gasteiger partial charge in [0, 0.05) is 6.20 Å². The van der Waals surface area contributed by atoms with Crippen molar-refractivity contribution in [3.05, 3.63) is 59.4 Å². The molecule has 1 N–H and O–H groups in total. The molecule has 0 saturated heterocycles. The molecular formula is C14H13ClN2O2. The highest BCUT2D eigenvalue weighted by Crippen LogP contribution is 2.07. The number of benzene rings is 1. The van der Waals surface area contributed by atoms with Gasteiger partial charge in [-0.15, -0.1) is 0 Å². The Labute approximate surface area is 116 Å². The molecule has 19 heavy (non-hydrogen) atoms. The summed E-state index contributed by atoms with van der Waals surface area (Å²) in [5.74, 6) is 0.589. The first kappa shape index (κ1) is 13.4. The van der Waals surface area contributed by atoms with E-state index in [1.54, 1.807) is 12.1 Å². The average molecular weight is 277 g/mol. The molecule has 0 aliphatic carbocycles. The molecule has 1 heterocycles. The van der Waals surface area contributed by atoms with E-state index in [1.165, 1.54) is 6.20 Å². The maximum Gasteiger partial charge on any atom is 0.252 e. The van der Waals surface area contributed by atoms with Gasteiger partial charge in [0.05, 0.1) is 12.1 Å². The third-order valence-electron chi connectivity index (χ3n) is 2.39. The van der Waals surface area contributed by atoms with E-state index in [-0.39, 0.29) is 5.91 Å². The molecular weight excluding hydrogens is 264 g/mol. The zero-order valence-electron chi connectivity index (χ0n) is 10.2. The third kappa shape index (κ3) is 4.26. The molecule has 0 spiro atoms. The van der Waals surface area contributed by atoms with E-state index < -0.39 is 0 Å². The minimum atomic E-state index is -0.194. The van der Waals surface area contributed by atoms with Crippen LogP contribution in [-0.4, -0.2) is 24.0 Å². The van der Waals surface area contributed by atoms with Crippen LogP contribution >= 0.6 is 11.6 Å². The van der Waals surface area contributed by atoms with E-state index in [2.05, 4.69) is 10.3 Å². The van der Waals surface area contributed by atoms with E-state index in [9.17, 15) is 4.79 Å². The summed E-state index contributed by atoms with van der Waals surface area (Å²) >= 11 is 5.65. The van der Waals surface area contributed by atoms with Crippen molar-refractivity contribution in [2.75, 3.05) is 13.2 Å². The number of aromatic nitrogens is 1. The molecule has 1 aromatic carbocycles. The van der Waals surface area contributed by atoms with Crippen molar-refractivity contribution in [3.8, 4) is 5.75 Å². The molecule has 0 radical (unpaired) electrons. The van der Waals surface area contributed by atoms with Crippen LogP contribution in [-0.2, 0) is 0 Å². The zero-order valence-corrected chi connectivity index (χ0v) is 10.9. The maximum absolute atomic E-state index is 11.7. The highest BCUT2D eigenvalue weighted by atomic mass is 35.5. The van der Waals surface area contributed by atoms with Crippen molar-refractivity contribution in [2.45, 2.75) is 0 Å². The van der Waals surface area contributed by atoms with Crippen LogP contribution in [0.4, 0.5) is 0 Å². The van der Waals surface area contributed by atoms with Crippen LogP contribution in [0.25, 0.3) is 0 Å². The minimum Gasteiger partial charge on any atom is -0.492 e. The first-order valence-corrected chi connectivity index (χ1v) is 6.21. The largest absolute Gasteiger partial charge is 0.492 e. The van der Waals surface area contributed by atoms with E-state index in [0.717, 1.165) is 5.75 Å². The smallest absolute Gasteiger partial charge is 0.252 e. The molecule has 0 aliphatic heterocycles. The number of ether oxygens (including phenoxy) is 1. The van der Waals surface area contributed by atoms with Crippen molar-refractivity contribution >= 4 is 17.5 Å². The van der Waals surface area contributed by atoms with Crippen LogP contribution in [0, 0.1) is 0 Å². The number of amides is 1. The van der Waals surface area contributed by atoms with E-state index >= 15 is 0 Å². The molecule has 0 aliphatic rings. The predicted octanol–water partition coefficient (Wildman–Crippen LogP) is 2.54. The Morgan fingerprint density at radius 2 is 2.00 bits per heavy atom. The average Bonchev–Trinajstić information content (AvgIpc) is 2.45. The second kappa shape index (κ2) is 6.75. The lowest BCUT2D eigenvalue weighted by molar-refractivity contribution is 0.0946. The van der Waals surface area contributed by atoms with Gasteiger partial charge in [-0.25, -0.2) is 4.98 Å². The SMILES string of the molecule is O=C(NCCOc1ccccc1)c1ccc(Cl)nc1. The Kier molecular flexibility index (Phi) is 4.75. The lowest BCUT2D eigenvalue weighted by atomic mass is 10.3. The predicted molar refractivity (Wildman–Crippen MR) is 73.5 cm³/mol. The molecule has 0 fully saturated rings. The fraction of sp³-hybridized carbons (Fsp3) is 0.143. The number of hydrogen-bond acceptors (Lipinski definition) is 3. The van der Waals surface area contributed by atoms with Gasteiger partial charge in [0.2, 0.25) is 0 Å². The van der Waals surface area contributed by atoms with Gasteiger partial charge in [0.15, 0.2) is 0 Å². The number of rotatable bonds is 5. The topological polar surface area (TPSA) is 51.2 Å². The Morgan fingerprint density at radius 3 is 2.68 bits per heavy atom. The van der Waals surface area contributed by atoms with Crippen molar-refractivity contribution in [2.24, 2.45) is 0 Å². The van der Waals surface area contributed by atoms with Crippen LogP contribution < -0.4 is 10.1 Å². The molecule has 0 unspecified atom stereocenters. The number of pyridine rings is 1. The van der Waals surface area contributed by atoms with Crippen molar-refractivity contribution in [3.63, 3.8) is 0 Å². The van der Waals surface area contributed by atoms with Gasteiger partial charge in [-0.2, -0.15) is 0 Å². The van der Waals surface area contributed by atoms with Crippen molar-refractivity contribution < 1.29 is 9.53 Å². The number of nitrogens with zero attached hydrogens (tertiary/aromatic N) is 1. The van der Waals surface area contributed by atoms with Gasteiger partial charge in [0.25, 0.3) is 5.91 Å². The number of nitrogens with one attached hydrogen (secondary N) is 1. The summed E-state index contributed by atoms with van der Waals surface area (Å²) in [7, 11) is 0. The summed E-state index contributed by atoms with van der Waals surface area (Å²) in [4.78, 5) is 15.6. The molecule has 1 aromatic heterocycles. The molecule has 0 atom stereocenters. The van der Waals surface area contributed by atoms with Crippen molar-refractivity contribution in [1.82, 2.24) is 10.3 Å². The van der Waals surface area contributed by atoms with Crippen LogP contribution in [0.2, 0.25) is 5.15 Å². The summed E-state index contributed by atoms with van der Waals surface area (Å²) < 4.78 is 5.46. The highest BCUT2D eigenvalue weighted by Gasteiger charge is 2.04. The Morgan fingerprint density at radius 1 is 1.21 bits per heavy atom. The number of halogens is 1. The lowest BCUT2D eigenvalue weighted by Crippen LogP contribution is -2.28. The number of hydrogen-bond donors (Lipinski definition) is 1. The molecule has 5 heteroatoms. The fourth-order valence-electron chi connectivity index (χ4n) is 1.46. The zero-order chi connectivity index (χ0) is 13.5. The second-order valence-corrected chi connectivity index (χ2v) is 4.17. The molecule has 0 saturated carbocycles. The van der Waals surface area contributed by atoms with E-state index in [0.29, 0.717) is 23.9 Å². The van der Waals surface area contributed by atoms with Gasteiger partial charge >= 0.3 is 0 Å². The molecule has 98 valence electrons. The maximum atomic E-state index is 11.7. The normalized spacial score (nSPS) is 9.95. The van der Waals surface area contributed by atoms with Crippen LogP contribution in [0.15, 0.2) is 48.7 Å². The summed E-state index contributed by atoms with van der Waals surface area (Å²) in [6.45, 7) is 0.840. The standard InChI is InChI=1S/C14H13ClN2O2/c15-13-7-6-11(10-17-13)14(18)16-8-9-19-12-4-2-1-3-5-12/h1-7,10H,8-9H2,(H,16,18). The van der Waals surface area contributed by atoms with Crippen LogP contribution in [0.1, 0.15) is 10.4 Å². The first-order valence-electron chi connectivity index (χ1n) is 5.83. The number of carbonyl (C=O) groups excluding carboxylic acids is 1. The summed E-state index contributed by atoms with van der Waals surface area (Å²) in [5.41, 5.74) is 0.476. The van der Waals surface area contributed by atoms with Crippen molar-refractivity contribution in [1.29, 1.82) is 0 Å². The Balaban J connectivity index is 1.74. The third-order valence-corrected chi connectivity index (χ3v) is 2.61. The Bertz CT molecular complexity index is 529. The van der Waals surface area contributed by atoms with Gasteiger partial charge in [0.1, 0.15) is 17.5 Å². The van der Waals surface area contributed by atoms with Crippen LogP contribution in [0.5, 0.6) is 5.75 Å². The molecule has 4 nitrogen and oxygen atoms in total. The first-order chi connectivity index (χ1) is 9.25. The highest BCUT2D eigenvalue weighted by molar-refractivity contribution is 6.29. The van der Waals surface area contributed by atoms with Gasteiger partial charge in [-0.3, -0.25) is 4.79 Å². The quantitative estimate of drug-likeness (QED) is 0.674. The van der Waals surface area contributed by atoms with Gasteiger partial charge in [-0.1, -0.05) is 29.8 Å². The molecule has 2 rings (SSSR count). The van der Waals surface area contributed by atoms with E-state index in [1.807, 2.05) is 30.3 Å². The number of carbonyl (C=O) groups is 1. The van der Waals surface area contributed by atoms with Crippen LogP contribution in [0.3, 0.4) is 0 Å². The number of para-hydroxylation sites is 1. The summed E-state index contributed by atoms with van der Waals surface area (Å²) in [6, 6.07) is 12.7. The Hall–Kier alpha value is -2.07. The van der Waals surface area contributed by atoms with E-state index in [4.69, 9.17) is 16.3 Å². The molecule has 1 amide bonds.